The monoisotopic (exact) mass is 557 g/mol. The predicted molar refractivity (Wildman–Crippen MR) is 140 cm³/mol. The molecule has 5 aliphatic rings. The predicted octanol–water partition coefficient (Wildman–Crippen LogP) is 2.78. The van der Waals surface area contributed by atoms with Gasteiger partial charge in [-0.2, -0.15) is 0 Å². The molecular weight excluding hydrogens is 522 g/mol. The lowest BCUT2D eigenvalue weighted by Gasteiger charge is -2.50. The molecule has 2 aromatic carbocycles. The van der Waals surface area contributed by atoms with Crippen LogP contribution >= 0.6 is 0 Å². The second-order valence-electron chi connectivity index (χ2n) is 11.0. The first-order valence-electron chi connectivity index (χ1n) is 14.0. The van der Waals surface area contributed by atoms with Crippen LogP contribution < -0.4 is 15.2 Å². The molecule has 3 N–H and O–H groups in total. The standard InChI is InChI=1S/C29H35NO10/c1-14-13-16-20(21(32)19-15(22(16)33-2)7-4-8-17(19)31)23-18(14)24-25-28(38-23,37-12-5-9-30)26(34-3)29(39-24,40-25)27-35-10-6-11-36-27/h13,24-27,32H,4-12,30H2,1-3H3/t24-,25?,26?,28+,29?/m0/s1. The highest BCUT2D eigenvalue weighted by Crippen LogP contribution is 2.65. The van der Waals surface area contributed by atoms with Crippen LogP contribution in [-0.4, -0.2) is 81.5 Å². The van der Waals surface area contributed by atoms with E-state index < -0.39 is 36.2 Å². The summed E-state index contributed by atoms with van der Waals surface area (Å²) in [6.45, 7) is 3.62. The number of phenols is 1. The van der Waals surface area contributed by atoms with Crippen molar-refractivity contribution in [2.75, 3.05) is 40.6 Å². The van der Waals surface area contributed by atoms with Gasteiger partial charge in [0.2, 0.25) is 6.29 Å². The third-order valence-electron chi connectivity index (χ3n) is 8.77. The molecule has 3 fully saturated rings. The number of ether oxygens (including phenoxy) is 8. The molecule has 2 aromatic rings. The van der Waals surface area contributed by atoms with Crippen LogP contribution in [0.25, 0.3) is 10.8 Å². The van der Waals surface area contributed by atoms with E-state index in [0.717, 1.165) is 17.5 Å². The summed E-state index contributed by atoms with van der Waals surface area (Å²) >= 11 is 0. The van der Waals surface area contributed by atoms with Crippen LogP contribution in [0.4, 0.5) is 0 Å². The first-order chi connectivity index (χ1) is 19.4. The summed E-state index contributed by atoms with van der Waals surface area (Å²) in [5, 5.41) is 12.7. The number of carbonyl (C=O) groups excluding carboxylic acids is 1. The molecule has 1 aliphatic carbocycles. The Morgan fingerprint density at radius 2 is 1.95 bits per heavy atom. The minimum Gasteiger partial charge on any atom is -0.506 e. The quantitative estimate of drug-likeness (QED) is 0.486. The average Bonchev–Trinajstić information content (AvgIpc) is 3.48. The minimum atomic E-state index is -1.47. The number of nitrogens with two attached hydrogens (primary N) is 1. The number of methoxy groups -OCH3 is 2. The van der Waals surface area contributed by atoms with E-state index in [-0.39, 0.29) is 23.7 Å². The second-order valence-corrected chi connectivity index (χ2v) is 11.0. The smallest absolute Gasteiger partial charge is 0.272 e. The molecule has 3 unspecified atom stereocenters. The number of hydrogen-bond acceptors (Lipinski definition) is 11. The summed E-state index contributed by atoms with van der Waals surface area (Å²) < 4.78 is 50.6. The molecule has 2 bridgehead atoms. The number of fused-ring (bicyclic) bond motifs is 6. The number of hydrogen-bond donors (Lipinski definition) is 2. The van der Waals surface area contributed by atoms with Gasteiger partial charge in [-0.15, -0.1) is 0 Å². The number of aryl methyl sites for hydroxylation is 1. The van der Waals surface area contributed by atoms with Crippen molar-refractivity contribution in [1.29, 1.82) is 0 Å². The van der Waals surface area contributed by atoms with Gasteiger partial charge in [-0.3, -0.25) is 4.79 Å². The zero-order chi connectivity index (χ0) is 27.8. The molecular formula is C29H35NO10. The molecule has 4 aliphatic heterocycles. The number of rotatable bonds is 7. The number of phenolic OH excluding ortho intramolecular Hbond substituents is 1. The van der Waals surface area contributed by atoms with Crippen molar-refractivity contribution in [3.8, 4) is 17.2 Å². The average molecular weight is 558 g/mol. The fourth-order valence-electron chi connectivity index (χ4n) is 7.20. The number of benzene rings is 2. The summed E-state index contributed by atoms with van der Waals surface area (Å²) in [7, 11) is 3.11. The van der Waals surface area contributed by atoms with Gasteiger partial charge >= 0.3 is 0 Å². The van der Waals surface area contributed by atoms with Crippen LogP contribution in [-0.2, 0) is 34.8 Å². The SMILES string of the molecule is COc1c2c(c(O)c3c4c(c(C)cc13)[C@@H]1OC3(C5OCCCO5)OC1[C@@](OCCCN)(O4)C3OC)C(=O)CCC2. The molecule has 4 heterocycles. The van der Waals surface area contributed by atoms with E-state index in [1.165, 1.54) is 7.11 Å². The van der Waals surface area contributed by atoms with E-state index in [2.05, 4.69) is 0 Å². The van der Waals surface area contributed by atoms with Crippen molar-refractivity contribution in [3.05, 3.63) is 28.3 Å². The van der Waals surface area contributed by atoms with Gasteiger partial charge in [0.05, 0.1) is 37.9 Å². The van der Waals surface area contributed by atoms with Crippen molar-refractivity contribution in [1.82, 2.24) is 0 Å². The Morgan fingerprint density at radius 3 is 2.67 bits per heavy atom. The van der Waals surface area contributed by atoms with Gasteiger partial charge in [0, 0.05) is 30.0 Å². The third-order valence-corrected chi connectivity index (χ3v) is 8.77. The van der Waals surface area contributed by atoms with E-state index in [4.69, 9.17) is 43.6 Å². The van der Waals surface area contributed by atoms with E-state index in [1.807, 2.05) is 13.0 Å². The van der Waals surface area contributed by atoms with Gasteiger partial charge in [0.1, 0.15) is 23.4 Å². The lowest BCUT2D eigenvalue weighted by Crippen LogP contribution is -2.68. The third kappa shape index (κ3) is 3.34. The van der Waals surface area contributed by atoms with E-state index in [1.54, 1.807) is 7.11 Å². The van der Waals surface area contributed by atoms with Gasteiger partial charge in [-0.1, -0.05) is 0 Å². The van der Waals surface area contributed by atoms with Gasteiger partial charge in [-0.05, 0) is 50.8 Å². The fraction of sp³-hybridized carbons (Fsp3) is 0.621. The molecule has 0 spiro atoms. The Kier molecular flexibility index (Phi) is 6.28. The highest BCUT2D eigenvalue weighted by atomic mass is 16.9. The molecule has 0 radical (unpaired) electrons. The molecule has 216 valence electrons. The van der Waals surface area contributed by atoms with Crippen LogP contribution in [0.5, 0.6) is 17.2 Å². The van der Waals surface area contributed by atoms with E-state index >= 15 is 0 Å². The Bertz CT molecular complexity index is 1370. The molecule has 0 amide bonds. The lowest BCUT2D eigenvalue weighted by atomic mass is 9.81. The molecule has 5 atom stereocenters. The summed E-state index contributed by atoms with van der Waals surface area (Å²) in [6, 6.07) is 1.95. The molecule has 11 nitrogen and oxygen atoms in total. The molecule has 11 heteroatoms. The summed E-state index contributed by atoms with van der Waals surface area (Å²) in [6.07, 6.45) is -0.127. The topological polar surface area (TPSA) is 137 Å². The Hall–Kier alpha value is -2.51. The van der Waals surface area contributed by atoms with Crippen LogP contribution in [0, 0.1) is 6.92 Å². The minimum absolute atomic E-state index is 0.125. The summed E-state index contributed by atoms with van der Waals surface area (Å²) in [5.74, 6) is -2.25. The first kappa shape index (κ1) is 26.4. The summed E-state index contributed by atoms with van der Waals surface area (Å²) in [4.78, 5) is 13.1. The maximum atomic E-state index is 13.1. The molecule has 0 aromatic heterocycles. The van der Waals surface area contributed by atoms with Crippen LogP contribution in [0.3, 0.4) is 0 Å². The van der Waals surface area contributed by atoms with Crippen LogP contribution in [0.15, 0.2) is 6.07 Å². The number of ketones is 1. The van der Waals surface area contributed by atoms with Crippen molar-refractivity contribution >= 4 is 16.6 Å². The highest BCUT2D eigenvalue weighted by Gasteiger charge is 2.81. The van der Waals surface area contributed by atoms with E-state index in [9.17, 15) is 9.90 Å². The normalized spacial score (nSPS) is 32.7. The summed E-state index contributed by atoms with van der Waals surface area (Å²) in [5.41, 5.74) is 8.35. The number of carbonyl (C=O) groups is 1. The Labute approximate surface area is 231 Å². The van der Waals surface area contributed by atoms with E-state index in [0.29, 0.717) is 73.3 Å². The number of aromatic hydroxyl groups is 1. The second kappa shape index (κ2) is 9.52. The van der Waals surface area contributed by atoms with Crippen molar-refractivity contribution in [2.45, 2.75) is 75.2 Å². The van der Waals surface area contributed by atoms with Gasteiger partial charge in [-0.25, -0.2) is 0 Å². The van der Waals surface area contributed by atoms with Gasteiger partial charge in [0.25, 0.3) is 11.6 Å². The Balaban J connectivity index is 1.48. The van der Waals surface area contributed by atoms with Crippen molar-refractivity contribution in [3.63, 3.8) is 0 Å². The van der Waals surface area contributed by atoms with Crippen molar-refractivity contribution in [2.24, 2.45) is 5.73 Å². The molecule has 0 saturated carbocycles. The zero-order valence-electron chi connectivity index (χ0n) is 22.9. The van der Waals surface area contributed by atoms with Gasteiger partial charge in [0.15, 0.2) is 18.0 Å². The lowest BCUT2D eigenvalue weighted by molar-refractivity contribution is -0.378. The zero-order valence-corrected chi connectivity index (χ0v) is 22.9. The van der Waals surface area contributed by atoms with Gasteiger partial charge < -0.3 is 48.7 Å². The number of Topliss-reactive ketones (excluding diaryl/α,β-unsaturated/α-hetero) is 1. The molecule has 3 saturated heterocycles. The maximum absolute atomic E-state index is 13.1. The van der Waals surface area contributed by atoms with Crippen LogP contribution in [0.2, 0.25) is 0 Å². The fourth-order valence-corrected chi connectivity index (χ4v) is 7.20. The first-order valence-corrected chi connectivity index (χ1v) is 14.0. The molecule has 40 heavy (non-hydrogen) atoms. The maximum Gasteiger partial charge on any atom is 0.272 e. The van der Waals surface area contributed by atoms with Crippen molar-refractivity contribution < 1.29 is 47.8 Å². The van der Waals surface area contributed by atoms with Crippen LogP contribution in [0.1, 0.15) is 58.8 Å². The highest BCUT2D eigenvalue weighted by molar-refractivity contribution is 6.11. The molecule has 7 rings (SSSR count). The Morgan fingerprint density at radius 1 is 1.15 bits per heavy atom. The largest absolute Gasteiger partial charge is 0.506 e.